The molecule has 0 amide bonds. The number of alkyl halides is 1. The Morgan fingerprint density at radius 1 is 1.62 bits per heavy atom. The number of aliphatic hydroxyl groups is 2. The van der Waals surface area contributed by atoms with Crippen molar-refractivity contribution in [2.24, 2.45) is 0 Å². The van der Waals surface area contributed by atoms with Crippen LogP contribution in [0.1, 0.15) is 13.3 Å². The maximum atomic E-state index is 9.03. The molecule has 1 atom stereocenters. The predicted octanol–water partition coefficient (Wildman–Crippen LogP) is 0.359. The van der Waals surface area contributed by atoms with E-state index in [0.717, 1.165) is 0 Å². The van der Waals surface area contributed by atoms with Gasteiger partial charge in [-0.05, 0) is 6.92 Å². The van der Waals surface area contributed by atoms with Crippen LogP contribution in [-0.4, -0.2) is 28.3 Å². The summed E-state index contributed by atoms with van der Waals surface area (Å²) >= 11 is 5.31. The molecule has 0 saturated heterocycles. The van der Waals surface area contributed by atoms with Gasteiger partial charge in [-0.3, -0.25) is 0 Å². The fourth-order valence-electron chi connectivity index (χ4n) is 0.308. The molecule has 0 radical (unpaired) electrons. The van der Waals surface area contributed by atoms with Gasteiger partial charge in [0.2, 0.25) is 0 Å². The number of halogens is 1. The Balaban J connectivity index is 3.37. The van der Waals surface area contributed by atoms with E-state index in [4.69, 9.17) is 21.8 Å². The summed E-state index contributed by atoms with van der Waals surface area (Å²) in [4.78, 5) is 0. The van der Waals surface area contributed by atoms with Gasteiger partial charge in [-0.15, -0.1) is 11.6 Å². The molecule has 0 aliphatic heterocycles. The van der Waals surface area contributed by atoms with Crippen molar-refractivity contribution in [3.05, 3.63) is 0 Å². The van der Waals surface area contributed by atoms with Crippen molar-refractivity contribution >= 4 is 11.6 Å². The third-order valence-corrected chi connectivity index (χ3v) is 1.51. The van der Waals surface area contributed by atoms with Gasteiger partial charge >= 0.3 is 0 Å². The van der Waals surface area contributed by atoms with E-state index in [1.165, 1.54) is 0 Å². The summed E-state index contributed by atoms with van der Waals surface area (Å²) in [5, 5.41) is 17.3. The quantitative estimate of drug-likeness (QED) is 0.553. The van der Waals surface area contributed by atoms with E-state index in [9.17, 15) is 0 Å². The molecule has 0 aromatic heterocycles. The highest BCUT2D eigenvalue weighted by atomic mass is 35.5. The maximum Gasteiger partial charge on any atom is 0.0776 e. The van der Waals surface area contributed by atoms with Gasteiger partial charge in [-0.2, -0.15) is 0 Å². The zero-order valence-corrected chi connectivity index (χ0v) is 5.65. The minimum absolute atomic E-state index is 0.0142. The van der Waals surface area contributed by atoms with Crippen molar-refractivity contribution in [1.29, 1.82) is 0 Å². The Bertz CT molecular complexity index is 63.4. The van der Waals surface area contributed by atoms with Crippen molar-refractivity contribution in [1.82, 2.24) is 0 Å². The fourth-order valence-corrected chi connectivity index (χ4v) is 0.441. The Morgan fingerprint density at radius 3 is 2.25 bits per heavy atom. The van der Waals surface area contributed by atoms with Crippen LogP contribution in [0.15, 0.2) is 0 Å². The summed E-state index contributed by atoms with van der Waals surface area (Å²) in [5.74, 6) is 0.174. The van der Waals surface area contributed by atoms with Gasteiger partial charge in [-0.25, -0.2) is 0 Å². The lowest BCUT2D eigenvalue weighted by Gasteiger charge is -2.17. The van der Waals surface area contributed by atoms with E-state index >= 15 is 0 Å². The van der Waals surface area contributed by atoms with Crippen LogP contribution in [0.4, 0.5) is 0 Å². The summed E-state index contributed by atoms with van der Waals surface area (Å²) < 4.78 is 0. The molecule has 0 bridgehead atoms. The van der Waals surface area contributed by atoms with E-state index in [-0.39, 0.29) is 12.5 Å². The van der Waals surface area contributed by atoms with Crippen molar-refractivity contribution in [3.8, 4) is 0 Å². The molecule has 0 aliphatic carbocycles. The first-order valence-corrected chi connectivity index (χ1v) is 3.05. The van der Waals surface area contributed by atoms with Gasteiger partial charge in [0.05, 0.1) is 11.5 Å². The van der Waals surface area contributed by atoms with E-state index in [0.29, 0.717) is 6.42 Å². The highest BCUT2D eigenvalue weighted by Crippen LogP contribution is 2.09. The third-order valence-electron chi connectivity index (χ3n) is 0.938. The van der Waals surface area contributed by atoms with Gasteiger partial charge in [0.1, 0.15) is 0 Å². The second kappa shape index (κ2) is 3.28. The standard InChI is InChI=1S/C5H11ClO2/c1-5(8,4-6)2-3-7/h7-8H,2-4H2,1H3/t5-/m0/s1. The van der Waals surface area contributed by atoms with E-state index in [1.807, 2.05) is 0 Å². The largest absolute Gasteiger partial charge is 0.396 e. The number of hydrogen-bond donors (Lipinski definition) is 2. The Labute approximate surface area is 54.1 Å². The molecule has 0 rings (SSSR count). The molecule has 8 heavy (non-hydrogen) atoms. The first-order chi connectivity index (χ1) is 3.62. The Hall–Kier alpha value is 0.210. The highest BCUT2D eigenvalue weighted by molar-refractivity contribution is 6.18. The maximum absolute atomic E-state index is 9.03. The molecule has 0 aliphatic rings. The molecule has 2 N–H and O–H groups in total. The predicted molar refractivity (Wildman–Crippen MR) is 33.0 cm³/mol. The zero-order chi connectivity index (χ0) is 6.62. The van der Waals surface area contributed by atoms with Crippen LogP contribution in [0.5, 0.6) is 0 Å². The monoisotopic (exact) mass is 138 g/mol. The molecule has 3 heteroatoms. The number of rotatable bonds is 3. The summed E-state index contributed by atoms with van der Waals surface area (Å²) in [5.41, 5.74) is -0.893. The molecule has 0 aromatic rings. The molecule has 2 nitrogen and oxygen atoms in total. The minimum atomic E-state index is -0.893. The van der Waals surface area contributed by atoms with Crippen molar-refractivity contribution in [2.45, 2.75) is 18.9 Å². The lowest BCUT2D eigenvalue weighted by Crippen LogP contribution is -2.27. The first kappa shape index (κ1) is 8.21. The smallest absolute Gasteiger partial charge is 0.0776 e. The lowest BCUT2D eigenvalue weighted by molar-refractivity contribution is 0.0548. The Morgan fingerprint density at radius 2 is 2.12 bits per heavy atom. The van der Waals surface area contributed by atoms with Crippen LogP contribution in [-0.2, 0) is 0 Å². The van der Waals surface area contributed by atoms with E-state index in [2.05, 4.69) is 0 Å². The van der Waals surface area contributed by atoms with Crippen LogP contribution in [0, 0.1) is 0 Å². The average molecular weight is 139 g/mol. The van der Waals surface area contributed by atoms with E-state index < -0.39 is 5.60 Å². The number of hydrogen-bond acceptors (Lipinski definition) is 2. The third kappa shape index (κ3) is 3.24. The molecule has 0 saturated carbocycles. The van der Waals surface area contributed by atoms with Crippen LogP contribution >= 0.6 is 11.6 Å². The minimum Gasteiger partial charge on any atom is -0.396 e. The second-order valence-electron chi connectivity index (χ2n) is 2.10. The molecule has 0 fully saturated rings. The topological polar surface area (TPSA) is 40.5 Å². The molecule has 50 valence electrons. The van der Waals surface area contributed by atoms with Crippen molar-refractivity contribution in [3.63, 3.8) is 0 Å². The lowest BCUT2D eigenvalue weighted by atomic mass is 10.1. The van der Waals surface area contributed by atoms with E-state index in [1.54, 1.807) is 6.92 Å². The Kier molecular flexibility index (Phi) is 3.36. The van der Waals surface area contributed by atoms with Crippen LogP contribution in [0.2, 0.25) is 0 Å². The van der Waals surface area contributed by atoms with Gasteiger partial charge in [-0.1, -0.05) is 0 Å². The molecular formula is C5H11ClO2. The summed E-state index contributed by atoms with van der Waals surface area (Å²) in [6.45, 7) is 1.58. The first-order valence-electron chi connectivity index (χ1n) is 2.51. The summed E-state index contributed by atoms with van der Waals surface area (Å²) in [6, 6.07) is 0. The van der Waals surface area contributed by atoms with Crippen LogP contribution in [0.25, 0.3) is 0 Å². The van der Waals surface area contributed by atoms with Gasteiger partial charge in [0, 0.05) is 13.0 Å². The van der Waals surface area contributed by atoms with Gasteiger partial charge < -0.3 is 10.2 Å². The average Bonchev–Trinajstić information content (AvgIpc) is 1.67. The van der Waals surface area contributed by atoms with Crippen LogP contribution < -0.4 is 0 Å². The van der Waals surface area contributed by atoms with Crippen LogP contribution in [0.3, 0.4) is 0 Å². The highest BCUT2D eigenvalue weighted by Gasteiger charge is 2.16. The van der Waals surface area contributed by atoms with Crippen molar-refractivity contribution < 1.29 is 10.2 Å². The molecular weight excluding hydrogens is 128 g/mol. The normalized spacial score (nSPS) is 18.0. The summed E-state index contributed by atoms with van der Waals surface area (Å²) in [6.07, 6.45) is 0.344. The molecule has 0 unspecified atom stereocenters. The van der Waals surface area contributed by atoms with Crippen molar-refractivity contribution in [2.75, 3.05) is 12.5 Å². The second-order valence-corrected chi connectivity index (χ2v) is 2.37. The van der Waals surface area contributed by atoms with Gasteiger partial charge in [0.15, 0.2) is 0 Å². The summed E-state index contributed by atoms with van der Waals surface area (Å²) in [7, 11) is 0. The fraction of sp³-hybridized carbons (Fsp3) is 1.00. The number of aliphatic hydroxyl groups excluding tert-OH is 1. The zero-order valence-electron chi connectivity index (χ0n) is 4.89. The van der Waals surface area contributed by atoms with Gasteiger partial charge in [0.25, 0.3) is 0 Å². The SMILES string of the molecule is C[C@@](O)(CCl)CCO. The molecule has 0 spiro atoms. The molecule has 0 heterocycles. The molecule has 0 aromatic carbocycles.